The number of para-hydroxylation sites is 1. The highest BCUT2D eigenvalue weighted by molar-refractivity contribution is 7.08. The number of aromatic nitrogens is 5. The lowest BCUT2D eigenvalue weighted by atomic mass is 10.2. The van der Waals surface area contributed by atoms with Gasteiger partial charge in [0.2, 0.25) is 0 Å². The molecule has 1 aliphatic heterocycles. The van der Waals surface area contributed by atoms with Crippen LogP contribution in [0.25, 0.3) is 22.3 Å². The zero-order chi connectivity index (χ0) is 17.3. The molecule has 0 saturated carbocycles. The smallest absolute Gasteiger partial charge is 0.162 e. The van der Waals surface area contributed by atoms with Crippen LogP contribution in [0.15, 0.2) is 53.7 Å². The van der Waals surface area contributed by atoms with Crippen LogP contribution in [-0.2, 0) is 6.54 Å². The van der Waals surface area contributed by atoms with Crippen LogP contribution in [-0.4, -0.2) is 37.3 Å². The number of anilines is 1. The molecular weight excluding hydrogens is 344 g/mol. The minimum atomic E-state index is 0.366. The van der Waals surface area contributed by atoms with E-state index in [0.717, 1.165) is 54.0 Å². The lowest BCUT2D eigenvalue weighted by molar-refractivity contribution is 0.507. The quantitative estimate of drug-likeness (QED) is 0.555. The van der Waals surface area contributed by atoms with E-state index in [4.69, 9.17) is 9.97 Å². The fraction of sp³-hybridized carbons (Fsp3) is 0.263. The van der Waals surface area contributed by atoms with Crippen LogP contribution in [0.1, 0.15) is 12.8 Å². The highest BCUT2D eigenvalue weighted by Gasteiger charge is 2.28. The number of hydrogen-bond donors (Lipinski definition) is 0. The summed E-state index contributed by atoms with van der Waals surface area (Å²) in [5.41, 5.74) is 2.07. The van der Waals surface area contributed by atoms with Crippen molar-refractivity contribution >= 4 is 28.1 Å². The molecule has 0 aliphatic carbocycles. The third kappa shape index (κ3) is 2.74. The first-order chi connectivity index (χ1) is 12.9. The molecule has 4 heterocycles. The number of hydrogen-bond acceptors (Lipinski definition) is 6. The van der Waals surface area contributed by atoms with Gasteiger partial charge in [0.05, 0.1) is 18.1 Å². The maximum Gasteiger partial charge on any atom is 0.162 e. The van der Waals surface area contributed by atoms with Gasteiger partial charge in [-0.05, 0) is 36.4 Å². The summed E-state index contributed by atoms with van der Waals surface area (Å²) in [5, 5.41) is 9.55. The zero-order valence-corrected chi connectivity index (χ0v) is 15.0. The van der Waals surface area contributed by atoms with Gasteiger partial charge in [-0.2, -0.15) is 16.4 Å². The largest absolute Gasteiger partial charge is 0.351 e. The minimum Gasteiger partial charge on any atom is -0.351 e. The Bertz CT molecular complexity index is 1010. The van der Waals surface area contributed by atoms with Gasteiger partial charge in [0.25, 0.3) is 0 Å². The molecule has 1 fully saturated rings. The van der Waals surface area contributed by atoms with E-state index in [1.807, 2.05) is 10.7 Å². The van der Waals surface area contributed by atoms with Gasteiger partial charge in [0.1, 0.15) is 18.5 Å². The molecule has 1 atom stereocenters. The van der Waals surface area contributed by atoms with Crippen molar-refractivity contribution in [3.63, 3.8) is 0 Å². The van der Waals surface area contributed by atoms with Gasteiger partial charge in [-0.3, -0.25) is 4.68 Å². The Labute approximate surface area is 155 Å². The molecule has 1 saturated heterocycles. The normalized spacial score (nSPS) is 17.2. The monoisotopic (exact) mass is 362 g/mol. The highest BCUT2D eigenvalue weighted by Crippen LogP contribution is 2.33. The molecule has 0 amide bonds. The summed E-state index contributed by atoms with van der Waals surface area (Å²) in [7, 11) is 0. The van der Waals surface area contributed by atoms with Crippen molar-refractivity contribution in [2.24, 2.45) is 0 Å². The number of nitrogens with zero attached hydrogens (tertiary/aromatic N) is 6. The Kier molecular flexibility index (Phi) is 3.86. The van der Waals surface area contributed by atoms with Crippen LogP contribution in [0.5, 0.6) is 0 Å². The van der Waals surface area contributed by atoms with E-state index >= 15 is 0 Å². The predicted molar refractivity (Wildman–Crippen MR) is 103 cm³/mol. The molecule has 130 valence electrons. The van der Waals surface area contributed by atoms with Crippen LogP contribution in [0, 0.1) is 0 Å². The Morgan fingerprint density at radius 2 is 2.12 bits per heavy atom. The molecule has 0 spiro atoms. The van der Waals surface area contributed by atoms with Crippen LogP contribution < -0.4 is 4.90 Å². The van der Waals surface area contributed by atoms with Gasteiger partial charge in [0.15, 0.2) is 5.82 Å². The molecule has 1 aromatic carbocycles. The Hall–Kier alpha value is -2.80. The van der Waals surface area contributed by atoms with Crippen molar-refractivity contribution in [3.8, 4) is 11.4 Å². The summed E-state index contributed by atoms with van der Waals surface area (Å²) >= 11 is 1.67. The molecule has 26 heavy (non-hydrogen) atoms. The lowest BCUT2D eigenvalue weighted by Crippen LogP contribution is -2.34. The summed E-state index contributed by atoms with van der Waals surface area (Å²) in [6.07, 6.45) is 5.66. The summed E-state index contributed by atoms with van der Waals surface area (Å²) < 4.78 is 1.91. The Balaban J connectivity index is 1.60. The molecular formula is C19H18N6S. The topological polar surface area (TPSA) is 59.7 Å². The fourth-order valence-corrected chi connectivity index (χ4v) is 4.28. The van der Waals surface area contributed by atoms with Gasteiger partial charge in [-0.15, -0.1) is 0 Å². The second kappa shape index (κ2) is 6.49. The van der Waals surface area contributed by atoms with Gasteiger partial charge in [0, 0.05) is 22.9 Å². The van der Waals surface area contributed by atoms with E-state index in [0.29, 0.717) is 6.04 Å². The summed E-state index contributed by atoms with van der Waals surface area (Å²) in [4.78, 5) is 16.3. The maximum absolute atomic E-state index is 4.98. The molecule has 5 rings (SSSR count). The second-order valence-electron chi connectivity index (χ2n) is 6.51. The summed E-state index contributed by atoms with van der Waals surface area (Å²) in [6, 6.07) is 10.7. The molecule has 7 heteroatoms. The van der Waals surface area contributed by atoms with Crippen molar-refractivity contribution in [3.05, 3.63) is 53.7 Å². The van der Waals surface area contributed by atoms with Gasteiger partial charge >= 0.3 is 0 Å². The van der Waals surface area contributed by atoms with E-state index in [-0.39, 0.29) is 0 Å². The maximum atomic E-state index is 4.98. The third-order valence-electron chi connectivity index (χ3n) is 4.88. The molecule has 1 aliphatic rings. The van der Waals surface area contributed by atoms with Gasteiger partial charge < -0.3 is 4.90 Å². The predicted octanol–water partition coefficient (Wildman–Crippen LogP) is 3.62. The highest BCUT2D eigenvalue weighted by atomic mass is 32.1. The standard InChI is InChI=1S/C19H18N6S/c1-2-6-17-16(5-1)19(23-18(22-17)14-7-9-26-11-14)25-8-3-4-15(25)10-24-13-20-12-21-24/h1-2,5-7,9,11-13,15H,3-4,8,10H2. The van der Waals surface area contributed by atoms with E-state index in [9.17, 15) is 0 Å². The van der Waals surface area contributed by atoms with E-state index < -0.39 is 0 Å². The van der Waals surface area contributed by atoms with Crippen molar-refractivity contribution in [1.29, 1.82) is 0 Å². The van der Waals surface area contributed by atoms with Crippen LogP contribution in [0.3, 0.4) is 0 Å². The number of rotatable bonds is 4. The first-order valence-electron chi connectivity index (χ1n) is 8.77. The van der Waals surface area contributed by atoms with E-state index in [1.54, 1.807) is 24.0 Å². The second-order valence-corrected chi connectivity index (χ2v) is 7.29. The minimum absolute atomic E-state index is 0.366. The van der Waals surface area contributed by atoms with Crippen molar-refractivity contribution in [2.45, 2.75) is 25.4 Å². The molecule has 0 N–H and O–H groups in total. The van der Waals surface area contributed by atoms with Crippen molar-refractivity contribution < 1.29 is 0 Å². The van der Waals surface area contributed by atoms with Gasteiger partial charge in [-0.25, -0.2) is 15.0 Å². The average Bonchev–Trinajstić information content (AvgIpc) is 3.44. The van der Waals surface area contributed by atoms with Crippen LogP contribution in [0.2, 0.25) is 0 Å². The fourth-order valence-electron chi connectivity index (χ4n) is 3.65. The molecule has 1 unspecified atom stereocenters. The average molecular weight is 362 g/mol. The van der Waals surface area contributed by atoms with Crippen LogP contribution in [0.4, 0.5) is 5.82 Å². The Morgan fingerprint density at radius 1 is 1.15 bits per heavy atom. The first kappa shape index (κ1) is 15.5. The number of thiophene rings is 1. The molecule has 4 aromatic rings. The third-order valence-corrected chi connectivity index (χ3v) is 5.56. The lowest BCUT2D eigenvalue weighted by Gasteiger charge is -2.27. The van der Waals surface area contributed by atoms with Crippen molar-refractivity contribution in [1.82, 2.24) is 24.7 Å². The Morgan fingerprint density at radius 3 is 2.96 bits per heavy atom. The molecule has 0 radical (unpaired) electrons. The SMILES string of the molecule is c1ccc2c(N3CCCC3Cn3cncn3)nc(-c3ccsc3)nc2c1. The van der Waals surface area contributed by atoms with E-state index in [2.05, 4.69) is 50.0 Å². The molecule has 0 bridgehead atoms. The molecule has 3 aromatic heterocycles. The summed E-state index contributed by atoms with van der Waals surface area (Å²) in [5.74, 6) is 1.82. The van der Waals surface area contributed by atoms with Gasteiger partial charge in [-0.1, -0.05) is 12.1 Å². The van der Waals surface area contributed by atoms with Crippen molar-refractivity contribution in [2.75, 3.05) is 11.4 Å². The summed E-state index contributed by atoms with van der Waals surface area (Å²) in [6.45, 7) is 1.83. The number of fused-ring (bicyclic) bond motifs is 1. The molecule has 6 nitrogen and oxygen atoms in total. The van der Waals surface area contributed by atoms with E-state index in [1.165, 1.54) is 0 Å². The zero-order valence-electron chi connectivity index (χ0n) is 14.2. The first-order valence-corrected chi connectivity index (χ1v) is 9.71. The van der Waals surface area contributed by atoms with Crippen LogP contribution >= 0.6 is 11.3 Å². The number of benzene rings is 1.